The van der Waals surface area contributed by atoms with Gasteiger partial charge in [0.1, 0.15) is 16.5 Å². The van der Waals surface area contributed by atoms with E-state index in [0.717, 1.165) is 19.3 Å². The third kappa shape index (κ3) is 4.12. The van der Waals surface area contributed by atoms with Crippen molar-refractivity contribution in [3.63, 3.8) is 0 Å². The Morgan fingerprint density at radius 1 is 1.11 bits per heavy atom. The Morgan fingerprint density at radius 2 is 1.81 bits per heavy atom. The van der Waals surface area contributed by atoms with Gasteiger partial charge < -0.3 is 10.1 Å². The summed E-state index contributed by atoms with van der Waals surface area (Å²) in [5, 5.41) is 2.46. The van der Waals surface area contributed by atoms with E-state index in [1.165, 1.54) is 47.8 Å². The zero-order valence-corrected chi connectivity index (χ0v) is 15.8. The highest BCUT2D eigenvalue weighted by molar-refractivity contribution is 7.89. The van der Waals surface area contributed by atoms with Crippen molar-refractivity contribution in [3.05, 3.63) is 53.8 Å². The predicted octanol–water partition coefficient (Wildman–Crippen LogP) is 3.26. The number of carbonyl (C=O) groups is 1. The number of nitrogens with zero attached hydrogens (tertiary/aromatic N) is 1. The van der Waals surface area contributed by atoms with Crippen molar-refractivity contribution in [1.29, 1.82) is 0 Å². The summed E-state index contributed by atoms with van der Waals surface area (Å²) in [6.45, 7) is 0.883. The van der Waals surface area contributed by atoms with Crippen LogP contribution >= 0.6 is 0 Å². The topological polar surface area (TPSA) is 75.7 Å². The normalized spacial score (nSPS) is 15.3. The molecule has 1 aliphatic rings. The number of halogens is 1. The van der Waals surface area contributed by atoms with E-state index in [0.29, 0.717) is 13.1 Å². The SMILES string of the molecule is COc1ccc(C(=O)Nc2ccccc2F)cc1S(=O)(=O)N1CCCCC1. The fourth-order valence-electron chi connectivity index (χ4n) is 3.02. The molecule has 144 valence electrons. The molecule has 1 aliphatic heterocycles. The number of hydrogen-bond acceptors (Lipinski definition) is 4. The lowest BCUT2D eigenvalue weighted by Crippen LogP contribution is -2.35. The molecule has 1 heterocycles. The van der Waals surface area contributed by atoms with E-state index in [2.05, 4.69) is 5.32 Å². The molecule has 1 amide bonds. The maximum atomic E-state index is 13.8. The van der Waals surface area contributed by atoms with Crippen molar-refractivity contribution in [2.45, 2.75) is 24.2 Å². The van der Waals surface area contributed by atoms with Crippen molar-refractivity contribution in [1.82, 2.24) is 4.31 Å². The molecule has 8 heteroatoms. The van der Waals surface area contributed by atoms with E-state index in [1.54, 1.807) is 6.07 Å². The zero-order chi connectivity index (χ0) is 19.4. The average molecular weight is 392 g/mol. The first-order valence-corrected chi connectivity index (χ1v) is 10.1. The average Bonchev–Trinajstić information content (AvgIpc) is 2.69. The lowest BCUT2D eigenvalue weighted by atomic mass is 10.2. The summed E-state index contributed by atoms with van der Waals surface area (Å²) in [6, 6.07) is 9.94. The number of hydrogen-bond donors (Lipinski definition) is 1. The van der Waals surface area contributed by atoms with Crippen LogP contribution in [0.3, 0.4) is 0 Å². The first-order valence-electron chi connectivity index (χ1n) is 8.67. The summed E-state index contributed by atoms with van der Waals surface area (Å²) in [5.74, 6) is -0.999. The van der Waals surface area contributed by atoms with Crippen LogP contribution in [0.1, 0.15) is 29.6 Å². The fourth-order valence-corrected chi connectivity index (χ4v) is 4.72. The molecule has 0 atom stereocenters. The molecule has 3 rings (SSSR count). The van der Waals surface area contributed by atoms with E-state index in [1.807, 2.05) is 0 Å². The van der Waals surface area contributed by atoms with E-state index in [-0.39, 0.29) is 21.9 Å². The first-order chi connectivity index (χ1) is 12.9. The van der Waals surface area contributed by atoms with Crippen molar-refractivity contribution in [2.75, 3.05) is 25.5 Å². The van der Waals surface area contributed by atoms with Gasteiger partial charge in [-0.2, -0.15) is 4.31 Å². The van der Waals surface area contributed by atoms with Gasteiger partial charge in [0.05, 0.1) is 12.8 Å². The van der Waals surface area contributed by atoms with Crippen LogP contribution in [0.2, 0.25) is 0 Å². The third-order valence-electron chi connectivity index (χ3n) is 4.48. The van der Waals surface area contributed by atoms with Crippen LogP contribution in [-0.2, 0) is 10.0 Å². The Hall–Kier alpha value is -2.45. The molecule has 0 radical (unpaired) electrons. The van der Waals surface area contributed by atoms with Gasteiger partial charge in [0, 0.05) is 18.7 Å². The molecule has 0 spiro atoms. The predicted molar refractivity (Wildman–Crippen MR) is 100.0 cm³/mol. The van der Waals surface area contributed by atoms with Gasteiger partial charge in [-0.05, 0) is 43.2 Å². The zero-order valence-electron chi connectivity index (χ0n) is 14.9. The second-order valence-electron chi connectivity index (χ2n) is 6.26. The monoisotopic (exact) mass is 392 g/mol. The molecule has 2 aromatic carbocycles. The van der Waals surface area contributed by atoms with Crippen molar-refractivity contribution in [3.8, 4) is 5.75 Å². The van der Waals surface area contributed by atoms with Gasteiger partial charge >= 0.3 is 0 Å². The molecule has 2 aromatic rings. The Balaban J connectivity index is 1.93. The molecular weight excluding hydrogens is 371 g/mol. The van der Waals surface area contributed by atoms with Crippen molar-refractivity contribution >= 4 is 21.6 Å². The van der Waals surface area contributed by atoms with Crippen LogP contribution in [0.5, 0.6) is 5.75 Å². The van der Waals surface area contributed by atoms with Crippen LogP contribution in [0.4, 0.5) is 10.1 Å². The smallest absolute Gasteiger partial charge is 0.255 e. The Morgan fingerprint density at radius 3 is 2.48 bits per heavy atom. The largest absolute Gasteiger partial charge is 0.495 e. The summed E-state index contributed by atoms with van der Waals surface area (Å²) in [7, 11) is -2.41. The van der Waals surface area contributed by atoms with Crippen LogP contribution in [0, 0.1) is 5.82 Å². The number of ether oxygens (including phenoxy) is 1. The quantitative estimate of drug-likeness (QED) is 0.847. The number of carbonyl (C=O) groups excluding carboxylic acids is 1. The van der Waals surface area contributed by atoms with E-state index >= 15 is 0 Å². The van der Waals surface area contributed by atoms with E-state index in [4.69, 9.17) is 4.74 Å². The minimum absolute atomic E-state index is 0.0266. The molecule has 0 unspecified atom stereocenters. The Labute approximate surface area is 158 Å². The van der Waals surface area contributed by atoms with Crippen molar-refractivity contribution in [2.24, 2.45) is 0 Å². The lowest BCUT2D eigenvalue weighted by molar-refractivity contribution is 0.102. The van der Waals surface area contributed by atoms with Gasteiger partial charge in [0.15, 0.2) is 0 Å². The number of nitrogens with one attached hydrogen (secondary N) is 1. The van der Waals surface area contributed by atoms with Gasteiger partial charge in [0.25, 0.3) is 5.91 Å². The number of sulfonamides is 1. The van der Waals surface area contributed by atoms with Crippen LogP contribution in [0.15, 0.2) is 47.4 Å². The minimum Gasteiger partial charge on any atom is -0.495 e. The Bertz CT molecular complexity index is 940. The molecule has 27 heavy (non-hydrogen) atoms. The summed E-state index contributed by atoms with van der Waals surface area (Å²) in [5.41, 5.74) is 0.133. The number of rotatable bonds is 5. The third-order valence-corrected chi connectivity index (χ3v) is 6.40. The number of benzene rings is 2. The molecule has 0 aromatic heterocycles. The lowest BCUT2D eigenvalue weighted by Gasteiger charge is -2.26. The van der Waals surface area contributed by atoms with Gasteiger partial charge in [-0.15, -0.1) is 0 Å². The standard InChI is InChI=1S/C19H21FN2O4S/c1-26-17-10-9-14(19(23)21-16-8-4-3-7-15(16)20)13-18(17)27(24,25)22-11-5-2-6-12-22/h3-4,7-10,13H,2,5-6,11-12H2,1H3,(H,21,23). The highest BCUT2D eigenvalue weighted by Gasteiger charge is 2.29. The van der Waals surface area contributed by atoms with Crippen LogP contribution in [0.25, 0.3) is 0 Å². The molecule has 0 saturated carbocycles. The maximum absolute atomic E-state index is 13.8. The fraction of sp³-hybridized carbons (Fsp3) is 0.316. The van der Waals surface area contributed by atoms with Gasteiger partial charge in [0.2, 0.25) is 10.0 Å². The van der Waals surface area contributed by atoms with E-state index < -0.39 is 21.7 Å². The minimum atomic E-state index is -3.79. The maximum Gasteiger partial charge on any atom is 0.255 e. The summed E-state index contributed by atoms with van der Waals surface area (Å²) in [4.78, 5) is 12.4. The van der Waals surface area contributed by atoms with Gasteiger partial charge in [-0.1, -0.05) is 18.6 Å². The van der Waals surface area contributed by atoms with Gasteiger partial charge in [-0.25, -0.2) is 12.8 Å². The summed E-state index contributed by atoms with van der Waals surface area (Å²) < 4.78 is 46.4. The molecule has 0 bridgehead atoms. The number of piperidine rings is 1. The molecular formula is C19H21FN2O4S. The highest BCUT2D eigenvalue weighted by Crippen LogP contribution is 2.30. The number of para-hydroxylation sites is 1. The number of amides is 1. The number of methoxy groups -OCH3 is 1. The second-order valence-corrected chi connectivity index (χ2v) is 8.17. The van der Waals surface area contributed by atoms with E-state index in [9.17, 15) is 17.6 Å². The summed E-state index contributed by atoms with van der Waals surface area (Å²) in [6.07, 6.45) is 2.60. The Kier molecular flexibility index (Phi) is 5.76. The van der Waals surface area contributed by atoms with Crippen molar-refractivity contribution < 1.29 is 22.3 Å². The van der Waals surface area contributed by atoms with Crippen LogP contribution < -0.4 is 10.1 Å². The molecule has 0 aliphatic carbocycles. The second kappa shape index (κ2) is 8.06. The molecule has 1 saturated heterocycles. The highest BCUT2D eigenvalue weighted by atomic mass is 32.2. The summed E-state index contributed by atoms with van der Waals surface area (Å²) >= 11 is 0. The van der Waals surface area contributed by atoms with Crippen LogP contribution in [-0.4, -0.2) is 38.8 Å². The van der Waals surface area contributed by atoms with Gasteiger partial charge in [-0.3, -0.25) is 4.79 Å². The molecule has 6 nitrogen and oxygen atoms in total. The molecule has 1 fully saturated rings. The first kappa shape index (κ1) is 19.3. The molecule has 1 N–H and O–H groups in total. The number of anilines is 1.